The molecule has 2 atom stereocenters. The van der Waals surface area contributed by atoms with E-state index in [2.05, 4.69) is 22.5 Å². The minimum Gasteiger partial charge on any atom is -0.315 e. The second-order valence-corrected chi connectivity index (χ2v) is 4.37. The highest BCUT2D eigenvalue weighted by Crippen LogP contribution is 2.16. The Hall–Kier alpha value is -0.160. The van der Waals surface area contributed by atoms with Crippen LogP contribution in [0.25, 0.3) is 0 Å². The molecule has 1 saturated heterocycles. The molecule has 0 radical (unpaired) electrons. The Morgan fingerprint density at radius 1 is 1.71 bits per heavy atom. The van der Waals surface area contributed by atoms with Gasteiger partial charge in [-0.3, -0.25) is 0 Å². The molecule has 1 aliphatic heterocycles. The van der Waals surface area contributed by atoms with Crippen LogP contribution < -0.4 is 10.6 Å². The summed E-state index contributed by atoms with van der Waals surface area (Å²) in [6, 6.07) is 1.02. The summed E-state index contributed by atoms with van der Waals surface area (Å²) in [5.41, 5.74) is 0. The van der Waals surface area contributed by atoms with Gasteiger partial charge in [0.2, 0.25) is 0 Å². The van der Waals surface area contributed by atoms with Crippen LogP contribution in [0.5, 0.6) is 0 Å². The van der Waals surface area contributed by atoms with Crippen molar-refractivity contribution in [3.8, 4) is 0 Å². The molecule has 0 amide bonds. The average molecular weight is 234 g/mol. The topological polar surface area (TPSA) is 37.0 Å². The van der Waals surface area contributed by atoms with Gasteiger partial charge in [0.1, 0.15) is 5.01 Å². The van der Waals surface area contributed by atoms with Crippen LogP contribution in [0.3, 0.4) is 0 Å². The Kier molecular flexibility index (Phi) is 4.81. The van der Waals surface area contributed by atoms with E-state index in [1.165, 1.54) is 11.4 Å². The number of nitrogens with zero attached hydrogens (tertiary/aromatic N) is 1. The zero-order valence-corrected chi connectivity index (χ0v) is 9.83. The van der Waals surface area contributed by atoms with Crippen molar-refractivity contribution in [3.05, 3.63) is 16.6 Å². The van der Waals surface area contributed by atoms with E-state index >= 15 is 0 Å². The molecule has 0 saturated carbocycles. The fourth-order valence-electron chi connectivity index (χ4n) is 1.67. The fourth-order valence-corrected chi connectivity index (χ4v) is 2.33. The lowest BCUT2D eigenvalue weighted by atomic mass is 10.2. The summed E-state index contributed by atoms with van der Waals surface area (Å²) in [5.74, 6) is 0. The van der Waals surface area contributed by atoms with Gasteiger partial charge in [-0.05, 0) is 19.9 Å². The zero-order valence-electron chi connectivity index (χ0n) is 8.19. The second kappa shape index (κ2) is 5.66. The van der Waals surface area contributed by atoms with Gasteiger partial charge in [-0.15, -0.1) is 23.7 Å². The molecule has 0 aromatic carbocycles. The molecule has 14 heavy (non-hydrogen) atoms. The summed E-state index contributed by atoms with van der Waals surface area (Å²) in [6.07, 6.45) is 3.10. The molecule has 0 bridgehead atoms. The van der Waals surface area contributed by atoms with Crippen molar-refractivity contribution in [3.63, 3.8) is 0 Å². The van der Waals surface area contributed by atoms with Crippen molar-refractivity contribution < 1.29 is 0 Å². The lowest BCUT2D eigenvalue weighted by Crippen LogP contribution is -2.33. The van der Waals surface area contributed by atoms with E-state index in [-0.39, 0.29) is 12.4 Å². The summed E-state index contributed by atoms with van der Waals surface area (Å²) >= 11 is 1.72. The maximum atomic E-state index is 4.29. The standard InChI is InChI=1S/C9H15N3S.ClH/c1-7(9-11-4-5-13-9)12-8-2-3-10-6-8;/h4-5,7-8,10,12H,2-3,6H2,1H3;1H/t7-,8?;/m0./s1. The van der Waals surface area contributed by atoms with Crippen molar-refractivity contribution in [2.24, 2.45) is 0 Å². The first kappa shape index (κ1) is 11.9. The van der Waals surface area contributed by atoms with Crippen LogP contribution >= 0.6 is 23.7 Å². The van der Waals surface area contributed by atoms with Gasteiger partial charge in [0, 0.05) is 24.2 Å². The summed E-state index contributed by atoms with van der Waals surface area (Å²) in [7, 11) is 0. The van der Waals surface area contributed by atoms with Crippen molar-refractivity contribution in [2.45, 2.75) is 25.4 Å². The van der Waals surface area contributed by atoms with Crippen LogP contribution in [0, 0.1) is 0 Å². The fraction of sp³-hybridized carbons (Fsp3) is 0.667. The maximum absolute atomic E-state index is 4.29. The molecule has 1 fully saturated rings. The molecule has 3 nitrogen and oxygen atoms in total. The van der Waals surface area contributed by atoms with Crippen LogP contribution in [-0.4, -0.2) is 24.1 Å². The lowest BCUT2D eigenvalue weighted by molar-refractivity contribution is 0.477. The largest absolute Gasteiger partial charge is 0.315 e. The highest BCUT2D eigenvalue weighted by Gasteiger charge is 2.17. The third kappa shape index (κ3) is 2.92. The Balaban J connectivity index is 0.000000980. The summed E-state index contributed by atoms with van der Waals surface area (Å²) in [4.78, 5) is 4.29. The van der Waals surface area contributed by atoms with Crippen LogP contribution in [0.2, 0.25) is 0 Å². The van der Waals surface area contributed by atoms with E-state index in [0.717, 1.165) is 13.1 Å². The molecule has 1 aromatic rings. The molecule has 0 spiro atoms. The summed E-state index contributed by atoms with van der Waals surface area (Å²) < 4.78 is 0. The van der Waals surface area contributed by atoms with E-state index in [4.69, 9.17) is 0 Å². The van der Waals surface area contributed by atoms with Gasteiger partial charge in [0.15, 0.2) is 0 Å². The Labute approximate surface area is 94.7 Å². The molecule has 2 rings (SSSR count). The van der Waals surface area contributed by atoms with Crippen molar-refractivity contribution in [1.29, 1.82) is 0 Å². The maximum Gasteiger partial charge on any atom is 0.109 e. The van der Waals surface area contributed by atoms with Gasteiger partial charge >= 0.3 is 0 Å². The van der Waals surface area contributed by atoms with Gasteiger partial charge in [0.05, 0.1) is 6.04 Å². The molecule has 1 aliphatic rings. The summed E-state index contributed by atoms with van der Waals surface area (Å²) in [5, 5.41) is 10.1. The van der Waals surface area contributed by atoms with E-state index < -0.39 is 0 Å². The third-order valence-corrected chi connectivity index (χ3v) is 3.33. The molecular formula is C9H16ClN3S. The summed E-state index contributed by atoms with van der Waals surface area (Å²) in [6.45, 7) is 4.41. The SMILES string of the molecule is C[C@H](NC1CCNC1)c1nccs1.Cl. The molecule has 0 aliphatic carbocycles. The quantitative estimate of drug-likeness (QED) is 0.833. The first-order valence-corrected chi connectivity index (χ1v) is 5.60. The first-order chi connectivity index (χ1) is 6.36. The van der Waals surface area contributed by atoms with Gasteiger partial charge < -0.3 is 10.6 Å². The van der Waals surface area contributed by atoms with Crippen LogP contribution in [0.1, 0.15) is 24.4 Å². The Morgan fingerprint density at radius 3 is 3.14 bits per heavy atom. The predicted octanol–water partition coefficient (Wildman–Crippen LogP) is 1.58. The minimum atomic E-state index is 0. The number of aromatic nitrogens is 1. The van der Waals surface area contributed by atoms with Gasteiger partial charge in [-0.1, -0.05) is 0 Å². The van der Waals surface area contributed by atoms with Crippen molar-refractivity contribution in [2.75, 3.05) is 13.1 Å². The predicted molar refractivity (Wildman–Crippen MR) is 62.2 cm³/mol. The average Bonchev–Trinajstić information content (AvgIpc) is 2.74. The normalized spacial score (nSPS) is 23.1. The monoisotopic (exact) mass is 233 g/mol. The third-order valence-electron chi connectivity index (χ3n) is 2.37. The molecule has 2 N–H and O–H groups in total. The molecule has 1 unspecified atom stereocenters. The molecular weight excluding hydrogens is 218 g/mol. The zero-order chi connectivity index (χ0) is 9.10. The molecule has 2 heterocycles. The molecule has 5 heteroatoms. The van der Waals surface area contributed by atoms with Crippen molar-refractivity contribution >= 4 is 23.7 Å². The minimum absolute atomic E-state index is 0. The Bertz CT molecular complexity index is 247. The first-order valence-electron chi connectivity index (χ1n) is 4.72. The van der Waals surface area contributed by atoms with Crippen LogP contribution in [-0.2, 0) is 0 Å². The number of hydrogen-bond donors (Lipinski definition) is 2. The highest BCUT2D eigenvalue weighted by atomic mass is 35.5. The Morgan fingerprint density at radius 2 is 2.57 bits per heavy atom. The van der Waals surface area contributed by atoms with Crippen molar-refractivity contribution in [1.82, 2.24) is 15.6 Å². The van der Waals surface area contributed by atoms with Crippen LogP contribution in [0.4, 0.5) is 0 Å². The molecule has 1 aromatic heterocycles. The van der Waals surface area contributed by atoms with E-state index in [1.807, 2.05) is 11.6 Å². The highest BCUT2D eigenvalue weighted by molar-refractivity contribution is 7.09. The van der Waals surface area contributed by atoms with E-state index in [1.54, 1.807) is 11.3 Å². The second-order valence-electron chi connectivity index (χ2n) is 3.45. The number of thiazole rings is 1. The lowest BCUT2D eigenvalue weighted by Gasteiger charge is -2.16. The van der Waals surface area contributed by atoms with E-state index in [9.17, 15) is 0 Å². The van der Waals surface area contributed by atoms with E-state index in [0.29, 0.717) is 12.1 Å². The van der Waals surface area contributed by atoms with Gasteiger partial charge in [-0.25, -0.2) is 4.98 Å². The smallest absolute Gasteiger partial charge is 0.109 e. The number of hydrogen-bond acceptors (Lipinski definition) is 4. The number of nitrogens with one attached hydrogen (secondary N) is 2. The van der Waals surface area contributed by atoms with Gasteiger partial charge in [-0.2, -0.15) is 0 Å². The molecule has 80 valence electrons. The van der Waals surface area contributed by atoms with Gasteiger partial charge in [0.25, 0.3) is 0 Å². The number of halogens is 1. The van der Waals surface area contributed by atoms with Crippen LogP contribution in [0.15, 0.2) is 11.6 Å². The number of rotatable bonds is 3.